The van der Waals surface area contributed by atoms with Gasteiger partial charge in [0.15, 0.2) is 0 Å². The summed E-state index contributed by atoms with van der Waals surface area (Å²) in [6.45, 7) is 7.52. The summed E-state index contributed by atoms with van der Waals surface area (Å²) in [7, 11) is 0. The number of hydrogen-bond acceptors (Lipinski definition) is 3. The van der Waals surface area contributed by atoms with Crippen LogP contribution in [0.25, 0.3) is 0 Å². The molecule has 0 amide bonds. The Balaban J connectivity index is 2.38. The standard InChI is InChI=1S/C11H21NO2/c1-11(2,3)10(13)14-9-6-4-5-7-12-8-9/h9,12H,4-8H2,1-3H3. The van der Waals surface area contributed by atoms with Crippen molar-refractivity contribution in [3.05, 3.63) is 0 Å². The highest BCUT2D eigenvalue weighted by atomic mass is 16.5. The Bertz CT molecular complexity index is 188. The maximum Gasteiger partial charge on any atom is 0.311 e. The summed E-state index contributed by atoms with van der Waals surface area (Å²) in [4.78, 5) is 11.6. The van der Waals surface area contributed by atoms with Gasteiger partial charge in [0.05, 0.1) is 5.41 Å². The third-order valence-corrected chi connectivity index (χ3v) is 2.39. The Kier molecular flexibility index (Phi) is 3.93. The topological polar surface area (TPSA) is 38.3 Å². The molecule has 0 aromatic rings. The monoisotopic (exact) mass is 199 g/mol. The molecule has 1 N–H and O–H groups in total. The van der Waals surface area contributed by atoms with Crippen LogP contribution in [0.15, 0.2) is 0 Å². The summed E-state index contributed by atoms with van der Waals surface area (Å²) < 4.78 is 5.43. The lowest BCUT2D eigenvalue weighted by molar-refractivity contribution is -0.158. The third-order valence-electron chi connectivity index (χ3n) is 2.39. The van der Waals surface area contributed by atoms with Crippen molar-refractivity contribution < 1.29 is 9.53 Å². The number of carbonyl (C=O) groups excluding carboxylic acids is 1. The molecule has 0 saturated carbocycles. The van der Waals surface area contributed by atoms with E-state index in [4.69, 9.17) is 4.74 Å². The molecule has 1 rings (SSSR count). The lowest BCUT2D eigenvalue weighted by Crippen LogP contribution is -2.33. The van der Waals surface area contributed by atoms with Crippen LogP contribution in [0, 0.1) is 5.41 Å². The Labute approximate surface area is 86.2 Å². The summed E-state index contributed by atoms with van der Waals surface area (Å²) in [5.74, 6) is -0.0915. The molecule has 3 nitrogen and oxygen atoms in total. The molecule has 14 heavy (non-hydrogen) atoms. The van der Waals surface area contributed by atoms with Crippen LogP contribution in [0.1, 0.15) is 40.0 Å². The minimum atomic E-state index is -0.383. The largest absolute Gasteiger partial charge is 0.461 e. The molecule has 0 aliphatic carbocycles. The van der Waals surface area contributed by atoms with Crippen LogP contribution in [-0.2, 0) is 9.53 Å². The first-order chi connectivity index (χ1) is 6.50. The molecular formula is C11H21NO2. The van der Waals surface area contributed by atoms with E-state index in [1.807, 2.05) is 20.8 Å². The van der Waals surface area contributed by atoms with Crippen molar-refractivity contribution in [2.75, 3.05) is 13.1 Å². The first-order valence-corrected chi connectivity index (χ1v) is 5.42. The third kappa shape index (κ3) is 3.66. The zero-order valence-corrected chi connectivity index (χ0v) is 9.43. The van der Waals surface area contributed by atoms with Crippen molar-refractivity contribution in [2.45, 2.75) is 46.1 Å². The molecular weight excluding hydrogens is 178 g/mol. The molecule has 0 aromatic heterocycles. The highest BCUT2D eigenvalue weighted by Crippen LogP contribution is 2.18. The Hall–Kier alpha value is -0.570. The van der Waals surface area contributed by atoms with Gasteiger partial charge in [-0.3, -0.25) is 4.79 Å². The number of rotatable bonds is 1. The fourth-order valence-electron chi connectivity index (χ4n) is 1.42. The van der Waals surface area contributed by atoms with Gasteiger partial charge in [0.1, 0.15) is 6.10 Å². The average molecular weight is 199 g/mol. The van der Waals surface area contributed by atoms with Crippen molar-refractivity contribution in [2.24, 2.45) is 5.41 Å². The lowest BCUT2D eigenvalue weighted by Gasteiger charge is -2.22. The van der Waals surface area contributed by atoms with Crippen LogP contribution in [0.3, 0.4) is 0 Å². The second-order valence-electron chi connectivity index (χ2n) is 4.98. The van der Waals surface area contributed by atoms with Gasteiger partial charge in [0.25, 0.3) is 0 Å². The lowest BCUT2D eigenvalue weighted by atomic mass is 9.97. The minimum Gasteiger partial charge on any atom is -0.461 e. The van der Waals surface area contributed by atoms with E-state index < -0.39 is 0 Å². The van der Waals surface area contributed by atoms with Crippen LogP contribution in [-0.4, -0.2) is 25.2 Å². The van der Waals surface area contributed by atoms with Crippen molar-refractivity contribution in [3.63, 3.8) is 0 Å². The van der Waals surface area contributed by atoms with E-state index in [9.17, 15) is 4.79 Å². The van der Waals surface area contributed by atoms with E-state index in [0.717, 1.165) is 25.9 Å². The zero-order valence-electron chi connectivity index (χ0n) is 9.43. The maximum absolute atomic E-state index is 11.6. The second kappa shape index (κ2) is 4.78. The van der Waals surface area contributed by atoms with E-state index in [0.29, 0.717) is 0 Å². The molecule has 1 aliphatic heterocycles. The van der Waals surface area contributed by atoms with Crippen molar-refractivity contribution >= 4 is 5.97 Å². The zero-order chi connectivity index (χ0) is 10.6. The van der Waals surface area contributed by atoms with Gasteiger partial charge in [-0.15, -0.1) is 0 Å². The van der Waals surface area contributed by atoms with Gasteiger partial charge in [-0.25, -0.2) is 0 Å². The molecule has 1 heterocycles. The minimum absolute atomic E-state index is 0.0734. The first kappa shape index (κ1) is 11.5. The number of ether oxygens (including phenoxy) is 1. The van der Waals surface area contributed by atoms with Crippen LogP contribution in [0.2, 0.25) is 0 Å². The second-order valence-corrected chi connectivity index (χ2v) is 4.98. The number of esters is 1. The number of carbonyl (C=O) groups is 1. The van der Waals surface area contributed by atoms with Gasteiger partial charge in [-0.05, 0) is 46.6 Å². The van der Waals surface area contributed by atoms with Crippen molar-refractivity contribution in [3.8, 4) is 0 Å². The van der Waals surface area contributed by atoms with Gasteiger partial charge >= 0.3 is 5.97 Å². The smallest absolute Gasteiger partial charge is 0.311 e. The predicted octanol–water partition coefficient (Wildman–Crippen LogP) is 1.72. The molecule has 0 spiro atoms. The van der Waals surface area contributed by atoms with E-state index in [-0.39, 0.29) is 17.5 Å². The molecule has 3 heteroatoms. The Morgan fingerprint density at radius 2 is 2.07 bits per heavy atom. The summed E-state index contributed by atoms with van der Waals surface area (Å²) >= 11 is 0. The fraction of sp³-hybridized carbons (Fsp3) is 0.909. The molecule has 82 valence electrons. The number of hydrogen-bond donors (Lipinski definition) is 1. The summed E-state index contributed by atoms with van der Waals surface area (Å²) in [5, 5.41) is 3.28. The Morgan fingerprint density at radius 3 is 2.71 bits per heavy atom. The van der Waals surface area contributed by atoms with E-state index in [1.54, 1.807) is 0 Å². The molecule has 1 aliphatic rings. The Morgan fingerprint density at radius 1 is 1.36 bits per heavy atom. The highest BCUT2D eigenvalue weighted by Gasteiger charge is 2.26. The van der Waals surface area contributed by atoms with Crippen LogP contribution in [0.5, 0.6) is 0 Å². The molecule has 1 fully saturated rings. The van der Waals surface area contributed by atoms with Crippen molar-refractivity contribution in [1.29, 1.82) is 0 Å². The van der Waals surface area contributed by atoms with Crippen LogP contribution < -0.4 is 5.32 Å². The van der Waals surface area contributed by atoms with Crippen molar-refractivity contribution in [1.82, 2.24) is 5.32 Å². The normalized spacial score (nSPS) is 24.1. The SMILES string of the molecule is CC(C)(C)C(=O)OC1CCCCNC1. The van der Waals surface area contributed by atoms with Gasteiger partial charge < -0.3 is 10.1 Å². The summed E-state index contributed by atoms with van der Waals surface area (Å²) in [6.07, 6.45) is 3.40. The van der Waals surface area contributed by atoms with E-state index >= 15 is 0 Å². The highest BCUT2D eigenvalue weighted by molar-refractivity contribution is 5.75. The summed E-state index contributed by atoms with van der Waals surface area (Å²) in [6, 6.07) is 0. The van der Waals surface area contributed by atoms with Crippen LogP contribution in [0.4, 0.5) is 0 Å². The predicted molar refractivity (Wildman–Crippen MR) is 56.1 cm³/mol. The molecule has 1 atom stereocenters. The average Bonchev–Trinajstić information content (AvgIpc) is 2.31. The first-order valence-electron chi connectivity index (χ1n) is 5.42. The quantitative estimate of drug-likeness (QED) is 0.653. The van der Waals surface area contributed by atoms with Crippen LogP contribution >= 0.6 is 0 Å². The van der Waals surface area contributed by atoms with Gasteiger partial charge in [-0.1, -0.05) is 0 Å². The summed E-state index contributed by atoms with van der Waals surface area (Å²) in [5.41, 5.74) is -0.383. The van der Waals surface area contributed by atoms with E-state index in [2.05, 4.69) is 5.32 Å². The van der Waals surface area contributed by atoms with Gasteiger partial charge in [-0.2, -0.15) is 0 Å². The molecule has 0 bridgehead atoms. The molecule has 0 aromatic carbocycles. The maximum atomic E-state index is 11.6. The molecule has 1 saturated heterocycles. The molecule has 1 unspecified atom stereocenters. The van der Waals surface area contributed by atoms with E-state index in [1.165, 1.54) is 6.42 Å². The fourth-order valence-corrected chi connectivity index (χ4v) is 1.42. The van der Waals surface area contributed by atoms with Gasteiger partial charge in [0.2, 0.25) is 0 Å². The molecule has 0 radical (unpaired) electrons. The number of nitrogens with one attached hydrogen (secondary N) is 1. The van der Waals surface area contributed by atoms with Gasteiger partial charge in [0, 0.05) is 6.54 Å².